The number of rotatable bonds is 8. The summed E-state index contributed by atoms with van der Waals surface area (Å²) in [5.41, 5.74) is 0. The fraction of sp³-hybridized carbons (Fsp3) is 0.500. The van der Waals surface area contributed by atoms with Gasteiger partial charge in [0.05, 0.1) is 12.4 Å². The van der Waals surface area contributed by atoms with Gasteiger partial charge in [-0.25, -0.2) is 13.6 Å². The SMILES string of the molecule is NS(=O)(=O)CCCCCCOc1ccc(Br)cc1. The molecule has 2 N–H and O–H groups in total. The van der Waals surface area contributed by atoms with Gasteiger partial charge in [0, 0.05) is 4.47 Å². The molecule has 0 saturated heterocycles. The van der Waals surface area contributed by atoms with E-state index in [0.29, 0.717) is 13.0 Å². The van der Waals surface area contributed by atoms with Crippen LogP contribution in [0.15, 0.2) is 28.7 Å². The molecule has 6 heteroatoms. The molecule has 102 valence electrons. The number of primary sulfonamides is 1. The van der Waals surface area contributed by atoms with Crippen molar-refractivity contribution in [3.8, 4) is 5.75 Å². The molecule has 0 fully saturated rings. The van der Waals surface area contributed by atoms with Crippen molar-refractivity contribution in [2.24, 2.45) is 5.14 Å². The van der Waals surface area contributed by atoms with E-state index in [2.05, 4.69) is 15.9 Å². The molecule has 0 atom stereocenters. The molecule has 0 aromatic heterocycles. The van der Waals surface area contributed by atoms with Crippen molar-refractivity contribution < 1.29 is 13.2 Å². The lowest BCUT2D eigenvalue weighted by Crippen LogP contribution is -2.16. The van der Waals surface area contributed by atoms with Crippen LogP contribution in [0.2, 0.25) is 0 Å². The zero-order valence-corrected chi connectivity index (χ0v) is 12.5. The molecule has 1 rings (SSSR count). The van der Waals surface area contributed by atoms with Crippen LogP contribution in [0, 0.1) is 0 Å². The maximum Gasteiger partial charge on any atom is 0.209 e. The Kier molecular flexibility index (Phi) is 6.67. The van der Waals surface area contributed by atoms with Crippen molar-refractivity contribution in [2.45, 2.75) is 25.7 Å². The van der Waals surface area contributed by atoms with Gasteiger partial charge >= 0.3 is 0 Å². The van der Waals surface area contributed by atoms with Crippen LogP contribution in [0.25, 0.3) is 0 Å². The van der Waals surface area contributed by atoms with Crippen LogP contribution in [0.5, 0.6) is 5.75 Å². The van der Waals surface area contributed by atoms with E-state index in [4.69, 9.17) is 9.88 Å². The lowest BCUT2D eigenvalue weighted by Gasteiger charge is -2.05. The molecule has 0 amide bonds. The summed E-state index contributed by atoms with van der Waals surface area (Å²) in [5.74, 6) is 0.920. The lowest BCUT2D eigenvalue weighted by molar-refractivity contribution is 0.305. The molecule has 4 nitrogen and oxygen atoms in total. The second kappa shape index (κ2) is 7.76. The highest BCUT2D eigenvalue weighted by molar-refractivity contribution is 9.10. The molecule has 0 bridgehead atoms. The monoisotopic (exact) mass is 335 g/mol. The van der Waals surface area contributed by atoms with Gasteiger partial charge in [0.1, 0.15) is 5.75 Å². The average Bonchev–Trinajstić information content (AvgIpc) is 2.29. The van der Waals surface area contributed by atoms with Crippen LogP contribution in [0.1, 0.15) is 25.7 Å². The summed E-state index contributed by atoms with van der Waals surface area (Å²) in [7, 11) is -3.30. The molecule has 0 aliphatic heterocycles. The Morgan fingerprint density at radius 2 is 1.67 bits per heavy atom. The molecule has 0 radical (unpaired) electrons. The fourth-order valence-electron chi connectivity index (χ4n) is 1.48. The first-order valence-corrected chi connectivity index (χ1v) is 8.37. The van der Waals surface area contributed by atoms with E-state index in [1.54, 1.807) is 0 Å². The molecule has 0 saturated carbocycles. The van der Waals surface area contributed by atoms with Gasteiger partial charge in [0.25, 0.3) is 0 Å². The summed E-state index contributed by atoms with van der Waals surface area (Å²) in [6.45, 7) is 0.650. The zero-order chi connectivity index (χ0) is 13.4. The number of sulfonamides is 1. The quantitative estimate of drug-likeness (QED) is 0.742. The molecule has 0 aliphatic rings. The van der Waals surface area contributed by atoms with E-state index >= 15 is 0 Å². The topological polar surface area (TPSA) is 69.4 Å². The lowest BCUT2D eigenvalue weighted by atomic mass is 10.2. The third-order valence-electron chi connectivity index (χ3n) is 2.41. The van der Waals surface area contributed by atoms with Crippen molar-refractivity contribution in [1.82, 2.24) is 0 Å². The fourth-order valence-corrected chi connectivity index (χ4v) is 2.35. The van der Waals surface area contributed by atoms with Crippen LogP contribution in [0.3, 0.4) is 0 Å². The number of ether oxygens (including phenoxy) is 1. The molecule has 0 heterocycles. The first-order chi connectivity index (χ1) is 8.47. The van der Waals surface area contributed by atoms with Gasteiger partial charge in [0.2, 0.25) is 10.0 Å². The Balaban J connectivity index is 2.04. The van der Waals surface area contributed by atoms with E-state index < -0.39 is 10.0 Å². The van der Waals surface area contributed by atoms with Crippen LogP contribution in [-0.4, -0.2) is 20.8 Å². The van der Waals surface area contributed by atoms with Crippen LogP contribution in [0.4, 0.5) is 0 Å². The predicted octanol–water partition coefficient (Wildman–Crippen LogP) is 2.68. The minimum absolute atomic E-state index is 0.0700. The highest BCUT2D eigenvalue weighted by atomic mass is 79.9. The van der Waals surface area contributed by atoms with E-state index in [9.17, 15) is 8.42 Å². The summed E-state index contributed by atoms with van der Waals surface area (Å²) in [6, 6.07) is 7.68. The van der Waals surface area contributed by atoms with Crippen molar-refractivity contribution in [1.29, 1.82) is 0 Å². The Labute approximate surface area is 117 Å². The first-order valence-electron chi connectivity index (χ1n) is 5.86. The van der Waals surface area contributed by atoms with E-state index in [0.717, 1.165) is 29.5 Å². The molecule has 0 spiro atoms. The number of hydrogen-bond donors (Lipinski definition) is 1. The van der Waals surface area contributed by atoms with Crippen molar-refractivity contribution >= 4 is 26.0 Å². The maximum atomic E-state index is 10.7. The van der Waals surface area contributed by atoms with Crippen LogP contribution in [-0.2, 0) is 10.0 Å². The van der Waals surface area contributed by atoms with Gasteiger partial charge in [-0.1, -0.05) is 28.8 Å². The van der Waals surface area contributed by atoms with Gasteiger partial charge in [-0.3, -0.25) is 0 Å². The smallest absolute Gasteiger partial charge is 0.209 e. The molecule has 18 heavy (non-hydrogen) atoms. The minimum Gasteiger partial charge on any atom is -0.494 e. The van der Waals surface area contributed by atoms with Gasteiger partial charge in [-0.2, -0.15) is 0 Å². The predicted molar refractivity (Wildman–Crippen MR) is 76.1 cm³/mol. The largest absolute Gasteiger partial charge is 0.494 e. The summed E-state index contributed by atoms with van der Waals surface area (Å²) in [4.78, 5) is 0. The second-order valence-corrected chi connectivity index (χ2v) is 6.73. The summed E-state index contributed by atoms with van der Waals surface area (Å²) < 4.78 is 27.9. The summed E-state index contributed by atoms with van der Waals surface area (Å²) in [6.07, 6.45) is 3.35. The Hall–Kier alpha value is -0.590. The molecule has 1 aromatic rings. The second-order valence-electron chi connectivity index (χ2n) is 4.08. The standard InChI is InChI=1S/C12H18BrNO3S/c13-11-5-7-12(8-6-11)17-9-3-1-2-4-10-18(14,15)16/h5-8H,1-4,9-10H2,(H2,14,15,16). The van der Waals surface area contributed by atoms with Crippen LogP contribution >= 0.6 is 15.9 Å². The number of nitrogens with two attached hydrogens (primary N) is 1. The molecule has 0 unspecified atom stereocenters. The van der Waals surface area contributed by atoms with E-state index in [1.807, 2.05) is 24.3 Å². The molecule has 0 aliphatic carbocycles. The van der Waals surface area contributed by atoms with E-state index in [1.165, 1.54) is 0 Å². The van der Waals surface area contributed by atoms with Crippen molar-refractivity contribution in [2.75, 3.05) is 12.4 Å². The summed E-state index contributed by atoms with van der Waals surface area (Å²) >= 11 is 3.36. The van der Waals surface area contributed by atoms with Gasteiger partial charge in [-0.05, 0) is 37.1 Å². The number of benzene rings is 1. The minimum atomic E-state index is -3.30. The third-order valence-corrected chi connectivity index (χ3v) is 3.79. The number of unbranched alkanes of at least 4 members (excludes halogenated alkanes) is 3. The van der Waals surface area contributed by atoms with Gasteiger partial charge in [-0.15, -0.1) is 0 Å². The number of hydrogen-bond acceptors (Lipinski definition) is 3. The molecule has 1 aromatic carbocycles. The Morgan fingerprint density at radius 1 is 1.06 bits per heavy atom. The summed E-state index contributed by atoms with van der Waals surface area (Å²) in [5, 5.41) is 4.91. The third kappa shape index (κ3) is 7.68. The average molecular weight is 336 g/mol. The van der Waals surface area contributed by atoms with Gasteiger partial charge in [0.15, 0.2) is 0 Å². The van der Waals surface area contributed by atoms with Crippen molar-refractivity contribution in [3.63, 3.8) is 0 Å². The maximum absolute atomic E-state index is 10.7. The first kappa shape index (κ1) is 15.5. The van der Waals surface area contributed by atoms with Crippen LogP contribution < -0.4 is 9.88 Å². The zero-order valence-electron chi connectivity index (χ0n) is 10.1. The Bertz CT molecular complexity index is 445. The highest BCUT2D eigenvalue weighted by Gasteiger charge is 2.01. The molecular weight excluding hydrogens is 318 g/mol. The Morgan fingerprint density at radius 3 is 2.28 bits per heavy atom. The highest BCUT2D eigenvalue weighted by Crippen LogP contribution is 2.16. The van der Waals surface area contributed by atoms with Gasteiger partial charge < -0.3 is 4.74 Å². The van der Waals surface area contributed by atoms with E-state index in [-0.39, 0.29) is 5.75 Å². The number of halogens is 1. The normalized spacial score (nSPS) is 11.4. The molecular formula is C12H18BrNO3S. The van der Waals surface area contributed by atoms with Crippen molar-refractivity contribution in [3.05, 3.63) is 28.7 Å².